The minimum absolute atomic E-state index is 0.0316. The van der Waals surface area contributed by atoms with Crippen LogP contribution in [0.3, 0.4) is 0 Å². The maximum Gasteiger partial charge on any atom is 0.337 e. The fraction of sp³-hybridized carbons (Fsp3) is 0. The van der Waals surface area contributed by atoms with Crippen LogP contribution in [0, 0.1) is 11.3 Å². The quantitative estimate of drug-likeness (QED) is 0.768. The molecule has 0 fully saturated rings. The van der Waals surface area contributed by atoms with Gasteiger partial charge in [0.15, 0.2) is 5.82 Å². The number of nitriles is 1. The van der Waals surface area contributed by atoms with Crippen molar-refractivity contribution in [1.29, 1.82) is 5.26 Å². The SMILES string of the molecule is N#Cc1ncn(-c2ccc(C(=O)O)cn2)n1. The second-order valence-electron chi connectivity index (χ2n) is 2.83. The lowest BCUT2D eigenvalue weighted by Gasteiger charge is -1.98. The summed E-state index contributed by atoms with van der Waals surface area (Å²) in [6, 6.07) is 4.67. The van der Waals surface area contributed by atoms with Gasteiger partial charge in [-0.1, -0.05) is 0 Å². The Balaban J connectivity index is 2.35. The van der Waals surface area contributed by atoms with Crippen molar-refractivity contribution in [2.75, 3.05) is 0 Å². The van der Waals surface area contributed by atoms with E-state index < -0.39 is 5.97 Å². The second kappa shape index (κ2) is 3.78. The molecule has 0 unspecified atom stereocenters. The maximum atomic E-state index is 10.6. The van der Waals surface area contributed by atoms with Crippen molar-refractivity contribution in [3.63, 3.8) is 0 Å². The Morgan fingerprint density at radius 3 is 2.75 bits per heavy atom. The molecule has 7 heteroatoms. The summed E-state index contributed by atoms with van der Waals surface area (Å²) in [5.74, 6) is -0.613. The van der Waals surface area contributed by atoms with Crippen molar-refractivity contribution in [2.24, 2.45) is 0 Å². The van der Waals surface area contributed by atoms with Gasteiger partial charge in [-0.25, -0.2) is 19.4 Å². The van der Waals surface area contributed by atoms with Crippen molar-refractivity contribution in [2.45, 2.75) is 0 Å². The molecule has 1 N–H and O–H groups in total. The van der Waals surface area contributed by atoms with Crippen LogP contribution in [0.15, 0.2) is 24.7 Å². The number of carboxylic acid groups (broad SMARTS) is 1. The lowest BCUT2D eigenvalue weighted by Crippen LogP contribution is -2.02. The van der Waals surface area contributed by atoms with E-state index >= 15 is 0 Å². The molecule has 0 saturated heterocycles. The van der Waals surface area contributed by atoms with Crippen molar-refractivity contribution in [3.05, 3.63) is 36.0 Å². The van der Waals surface area contributed by atoms with Crippen LogP contribution >= 0.6 is 0 Å². The molecule has 0 aromatic carbocycles. The summed E-state index contributed by atoms with van der Waals surface area (Å²) >= 11 is 0. The molecule has 16 heavy (non-hydrogen) atoms. The Bertz CT molecular complexity index is 566. The van der Waals surface area contributed by atoms with Crippen molar-refractivity contribution < 1.29 is 9.90 Å². The minimum Gasteiger partial charge on any atom is -0.478 e. The molecule has 0 atom stereocenters. The maximum absolute atomic E-state index is 10.6. The number of aromatic nitrogens is 4. The zero-order chi connectivity index (χ0) is 11.5. The zero-order valence-corrected chi connectivity index (χ0v) is 7.90. The van der Waals surface area contributed by atoms with Gasteiger partial charge in [0.05, 0.1) is 5.56 Å². The number of nitrogens with zero attached hydrogens (tertiary/aromatic N) is 5. The highest BCUT2D eigenvalue weighted by Crippen LogP contribution is 2.04. The van der Waals surface area contributed by atoms with Crippen molar-refractivity contribution >= 4 is 5.97 Å². The average molecular weight is 215 g/mol. The number of carbonyl (C=O) groups is 1. The molecule has 0 radical (unpaired) electrons. The Kier molecular flexibility index (Phi) is 2.31. The third-order valence-electron chi connectivity index (χ3n) is 1.82. The third-order valence-corrected chi connectivity index (χ3v) is 1.82. The van der Waals surface area contributed by atoms with E-state index in [4.69, 9.17) is 10.4 Å². The largest absolute Gasteiger partial charge is 0.478 e. The summed E-state index contributed by atoms with van der Waals surface area (Å²) in [6.07, 6.45) is 2.55. The first kappa shape index (κ1) is 9.79. The highest BCUT2D eigenvalue weighted by atomic mass is 16.4. The minimum atomic E-state index is -1.05. The molecule has 2 aromatic heterocycles. The van der Waals surface area contributed by atoms with Crippen LogP contribution in [0.1, 0.15) is 16.2 Å². The van der Waals surface area contributed by atoms with E-state index in [1.807, 2.05) is 0 Å². The smallest absolute Gasteiger partial charge is 0.337 e. The highest BCUT2D eigenvalue weighted by Gasteiger charge is 2.05. The van der Waals surface area contributed by atoms with Crippen LogP contribution < -0.4 is 0 Å². The highest BCUT2D eigenvalue weighted by molar-refractivity contribution is 5.87. The van der Waals surface area contributed by atoms with Gasteiger partial charge >= 0.3 is 5.97 Å². The van der Waals surface area contributed by atoms with E-state index in [1.54, 1.807) is 6.07 Å². The molecule has 7 nitrogen and oxygen atoms in total. The third kappa shape index (κ3) is 1.72. The fourth-order valence-electron chi connectivity index (χ4n) is 1.07. The molecule has 0 spiro atoms. The molecule has 0 aliphatic carbocycles. The van der Waals surface area contributed by atoms with E-state index in [-0.39, 0.29) is 11.4 Å². The van der Waals surface area contributed by atoms with Gasteiger partial charge in [0, 0.05) is 6.20 Å². The predicted octanol–water partition coefficient (Wildman–Crippen LogP) is 0.232. The van der Waals surface area contributed by atoms with Gasteiger partial charge in [-0.05, 0) is 12.1 Å². The first-order chi connectivity index (χ1) is 7.70. The lowest BCUT2D eigenvalue weighted by molar-refractivity contribution is 0.0696. The summed E-state index contributed by atoms with van der Waals surface area (Å²) in [5, 5.41) is 21.0. The number of hydrogen-bond donors (Lipinski definition) is 1. The Hall–Kier alpha value is -2.75. The normalized spacial score (nSPS) is 9.69. The first-order valence-electron chi connectivity index (χ1n) is 4.22. The van der Waals surface area contributed by atoms with E-state index in [0.29, 0.717) is 5.82 Å². The van der Waals surface area contributed by atoms with E-state index in [0.717, 1.165) is 0 Å². The predicted molar refractivity (Wildman–Crippen MR) is 50.8 cm³/mol. The second-order valence-corrected chi connectivity index (χ2v) is 2.83. The number of rotatable bonds is 2. The number of hydrogen-bond acceptors (Lipinski definition) is 5. The van der Waals surface area contributed by atoms with Crippen LogP contribution in [0.2, 0.25) is 0 Å². The van der Waals surface area contributed by atoms with E-state index in [9.17, 15) is 4.79 Å². The summed E-state index contributed by atoms with van der Waals surface area (Å²) in [6.45, 7) is 0. The molecule has 0 bridgehead atoms. The summed E-state index contributed by atoms with van der Waals surface area (Å²) in [4.78, 5) is 18.2. The number of carboxylic acids is 1. The van der Waals surface area contributed by atoms with Crippen molar-refractivity contribution in [3.8, 4) is 11.9 Å². The number of aromatic carboxylic acids is 1. The molecule has 0 aliphatic rings. The zero-order valence-electron chi connectivity index (χ0n) is 7.90. The van der Waals surface area contributed by atoms with E-state index in [1.165, 1.54) is 29.3 Å². The first-order valence-corrected chi connectivity index (χ1v) is 4.22. The van der Waals surface area contributed by atoms with Gasteiger partial charge in [-0.2, -0.15) is 5.26 Å². The Morgan fingerprint density at radius 1 is 1.44 bits per heavy atom. The van der Waals surface area contributed by atoms with Gasteiger partial charge in [0.25, 0.3) is 5.82 Å². The summed E-state index contributed by atoms with van der Waals surface area (Å²) in [5.41, 5.74) is 0.0874. The molecule has 2 heterocycles. The van der Waals surface area contributed by atoms with Gasteiger partial charge in [0.2, 0.25) is 0 Å². The van der Waals surface area contributed by atoms with Gasteiger partial charge in [-0.15, -0.1) is 5.10 Å². The van der Waals surface area contributed by atoms with Crippen LogP contribution in [0.5, 0.6) is 0 Å². The average Bonchev–Trinajstić information content (AvgIpc) is 2.77. The van der Waals surface area contributed by atoms with E-state index in [2.05, 4.69) is 15.1 Å². The monoisotopic (exact) mass is 215 g/mol. The molecular formula is C9H5N5O2. The molecule has 78 valence electrons. The summed E-state index contributed by atoms with van der Waals surface area (Å²) < 4.78 is 1.30. The van der Waals surface area contributed by atoms with Crippen LogP contribution in [-0.4, -0.2) is 30.8 Å². The molecule has 2 rings (SSSR count). The lowest BCUT2D eigenvalue weighted by atomic mass is 10.3. The molecule has 0 aliphatic heterocycles. The van der Waals surface area contributed by atoms with Crippen LogP contribution in [-0.2, 0) is 0 Å². The number of pyridine rings is 1. The Labute approximate surface area is 89.6 Å². The summed E-state index contributed by atoms with van der Waals surface area (Å²) in [7, 11) is 0. The molecular weight excluding hydrogens is 210 g/mol. The van der Waals surface area contributed by atoms with Gasteiger partial charge in [0.1, 0.15) is 12.4 Å². The van der Waals surface area contributed by atoms with Gasteiger partial charge in [-0.3, -0.25) is 0 Å². The molecule has 2 aromatic rings. The standard InChI is InChI=1S/C9H5N5O2/c10-3-7-12-5-14(13-7)8-2-1-6(4-11-8)9(15)16/h1-2,4-5H,(H,15,16). The van der Waals surface area contributed by atoms with Crippen LogP contribution in [0.25, 0.3) is 5.82 Å². The van der Waals surface area contributed by atoms with Crippen LogP contribution in [0.4, 0.5) is 0 Å². The Morgan fingerprint density at radius 2 is 2.25 bits per heavy atom. The van der Waals surface area contributed by atoms with Crippen molar-refractivity contribution in [1.82, 2.24) is 19.7 Å². The molecule has 0 amide bonds. The van der Waals surface area contributed by atoms with Gasteiger partial charge < -0.3 is 5.11 Å². The molecule has 0 saturated carbocycles. The topological polar surface area (TPSA) is 105 Å². The fourth-order valence-corrected chi connectivity index (χ4v) is 1.07.